The van der Waals surface area contributed by atoms with Crippen LogP contribution in [0.5, 0.6) is 0 Å². The van der Waals surface area contributed by atoms with Crippen LogP contribution in [0.3, 0.4) is 0 Å². The van der Waals surface area contributed by atoms with Crippen LogP contribution in [0.1, 0.15) is 13.3 Å². The number of carbonyl (C=O) groups is 4. The van der Waals surface area contributed by atoms with Gasteiger partial charge in [-0.15, -0.1) is 0 Å². The van der Waals surface area contributed by atoms with E-state index < -0.39 is 30.1 Å². The van der Waals surface area contributed by atoms with Gasteiger partial charge in [-0.3, -0.25) is 19.4 Å². The second-order valence-electron chi connectivity index (χ2n) is 8.13. The van der Waals surface area contributed by atoms with E-state index in [1.54, 1.807) is 18.2 Å². The number of benzene rings is 1. The second kappa shape index (κ2) is 10.1. The van der Waals surface area contributed by atoms with Gasteiger partial charge in [0, 0.05) is 37.2 Å². The molecule has 0 spiro atoms. The molecule has 2 aliphatic rings. The molecule has 2 saturated heterocycles. The third-order valence-electron chi connectivity index (χ3n) is 5.69. The van der Waals surface area contributed by atoms with Crippen LogP contribution in [-0.2, 0) is 23.9 Å². The van der Waals surface area contributed by atoms with E-state index in [0.29, 0.717) is 30.0 Å². The van der Waals surface area contributed by atoms with Crippen molar-refractivity contribution in [3.8, 4) is 11.1 Å². The maximum atomic E-state index is 15.0. The number of esters is 1. The molecular weight excluding hydrogens is 461 g/mol. The molecule has 12 heteroatoms. The first-order valence-electron chi connectivity index (χ1n) is 11.1. The minimum absolute atomic E-state index is 0.0579. The summed E-state index contributed by atoms with van der Waals surface area (Å²) in [7, 11) is 0. The van der Waals surface area contributed by atoms with Gasteiger partial charge >= 0.3 is 12.1 Å². The molecule has 4 rings (SSSR count). The van der Waals surface area contributed by atoms with Gasteiger partial charge in [0.15, 0.2) is 12.6 Å². The molecule has 35 heavy (non-hydrogen) atoms. The Balaban J connectivity index is 1.44. The summed E-state index contributed by atoms with van der Waals surface area (Å²) in [5, 5.41) is 2.59. The summed E-state index contributed by atoms with van der Waals surface area (Å²) >= 11 is 0. The van der Waals surface area contributed by atoms with Gasteiger partial charge in [0.2, 0.25) is 5.91 Å². The van der Waals surface area contributed by atoms with Crippen molar-refractivity contribution in [2.75, 3.05) is 36.0 Å². The fourth-order valence-electron chi connectivity index (χ4n) is 3.92. The molecule has 0 aliphatic carbocycles. The lowest BCUT2D eigenvalue weighted by atomic mass is 10.1. The Morgan fingerprint density at radius 1 is 1.26 bits per heavy atom. The Bertz CT molecular complexity index is 1160. The van der Waals surface area contributed by atoms with E-state index in [4.69, 9.17) is 9.47 Å². The molecular formula is C23H25FN5O6+. The lowest BCUT2D eigenvalue weighted by molar-refractivity contribution is -0.360. The number of pyridine rings is 1. The number of rotatable bonds is 7. The number of quaternary nitrogens is 1. The van der Waals surface area contributed by atoms with Gasteiger partial charge in [-0.25, -0.2) is 19.0 Å². The van der Waals surface area contributed by atoms with Crippen LogP contribution in [0.4, 0.5) is 20.7 Å². The first-order valence-corrected chi connectivity index (χ1v) is 11.1. The SMILES string of the molecule is CC(=O)NC[C@H]1CN(c2ccc(-c3ccc(N4CCC(OC(=O)C[NH3+])C4=O)nc3)c(F)c2)C(=O)O1. The molecule has 2 atom stereocenters. The number of nitrogens with one attached hydrogen (secondary N) is 1. The third-order valence-corrected chi connectivity index (χ3v) is 5.69. The van der Waals surface area contributed by atoms with Gasteiger partial charge in [0.1, 0.15) is 17.7 Å². The topological polar surface area (TPSA) is 146 Å². The van der Waals surface area contributed by atoms with Crippen molar-refractivity contribution in [1.29, 1.82) is 0 Å². The second-order valence-corrected chi connectivity index (χ2v) is 8.13. The summed E-state index contributed by atoms with van der Waals surface area (Å²) in [4.78, 5) is 54.2. The van der Waals surface area contributed by atoms with Gasteiger partial charge in [-0.1, -0.05) is 0 Å². The monoisotopic (exact) mass is 486 g/mol. The van der Waals surface area contributed by atoms with E-state index in [1.165, 1.54) is 35.1 Å². The van der Waals surface area contributed by atoms with Crippen LogP contribution >= 0.6 is 0 Å². The van der Waals surface area contributed by atoms with E-state index in [1.807, 2.05) is 0 Å². The summed E-state index contributed by atoms with van der Waals surface area (Å²) in [6.45, 7) is 2.01. The van der Waals surface area contributed by atoms with Crippen molar-refractivity contribution in [1.82, 2.24) is 10.3 Å². The van der Waals surface area contributed by atoms with Crippen molar-refractivity contribution >= 4 is 35.4 Å². The van der Waals surface area contributed by atoms with Crippen molar-refractivity contribution in [3.63, 3.8) is 0 Å². The molecule has 1 aromatic heterocycles. The quantitative estimate of drug-likeness (QED) is 0.533. The van der Waals surface area contributed by atoms with Crippen LogP contribution in [-0.4, -0.2) is 67.2 Å². The number of amides is 3. The summed E-state index contributed by atoms with van der Waals surface area (Å²) in [6, 6.07) is 7.59. The van der Waals surface area contributed by atoms with Crippen LogP contribution in [0.2, 0.25) is 0 Å². The Hall–Kier alpha value is -4.06. The zero-order valence-electron chi connectivity index (χ0n) is 19.0. The fraction of sp³-hybridized carbons (Fsp3) is 0.348. The molecule has 1 unspecified atom stereocenters. The van der Waals surface area contributed by atoms with Gasteiger partial charge in [0.05, 0.1) is 18.8 Å². The summed E-state index contributed by atoms with van der Waals surface area (Å²) in [6.07, 6.45) is -0.196. The number of ether oxygens (including phenoxy) is 2. The number of anilines is 2. The lowest BCUT2D eigenvalue weighted by Gasteiger charge is -2.16. The fourth-order valence-corrected chi connectivity index (χ4v) is 3.92. The van der Waals surface area contributed by atoms with E-state index in [9.17, 15) is 23.6 Å². The van der Waals surface area contributed by atoms with Gasteiger partial charge in [0.25, 0.3) is 5.91 Å². The van der Waals surface area contributed by atoms with Crippen molar-refractivity contribution in [2.45, 2.75) is 25.6 Å². The highest BCUT2D eigenvalue weighted by Crippen LogP contribution is 2.30. The number of nitrogens with zero attached hydrogens (tertiary/aromatic N) is 3. The number of hydrogen-bond donors (Lipinski definition) is 2. The Morgan fingerprint density at radius 3 is 2.71 bits per heavy atom. The molecule has 3 heterocycles. The van der Waals surface area contributed by atoms with Gasteiger partial charge in [-0.05, 0) is 30.3 Å². The number of halogens is 1. The largest absolute Gasteiger partial charge is 0.448 e. The van der Waals surface area contributed by atoms with Crippen molar-refractivity contribution in [2.24, 2.45) is 0 Å². The van der Waals surface area contributed by atoms with E-state index in [-0.39, 0.29) is 37.0 Å². The molecule has 2 aliphatic heterocycles. The van der Waals surface area contributed by atoms with Gasteiger partial charge < -0.3 is 20.5 Å². The highest BCUT2D eigenvalue weighted by molar-refractivity contribution is 5.99. The van der Waals surface area contributed by atoms with E-state index in [0.717, 1.165) is 0 Å². The zero-order valence-corrected chi connectivity index (χ0v) is 19.0. The minimum atomic E-state index is -0.856. The lowest BCUT2D eigenvalue weighted by Crippen LogP contribution is -2.55. The average Bonchev–Trinajstić information content (AvgIpc) is 3.39. The molecule has 4 N–H and O–H groups in total. The van der Waals surface area contributed by atoms with Gasteiger partial charge in [-0.2, -0.15) is 0 Å². The minimum Gasteiger partial charge on any atom is -0.448 e. The van der Waals surface area contributed by atoms with Crippen LogP contribution in [0.25, 0.3) is 11.1 Å². The van der Waals surface area contributed by atoms with Crippen molar-refractivity contribution in [3.05, 3.63) is 42.3 Å². The number of carbonyl (C=O) groups excluding carboxylic acids is 4. The smallest absolute Gasteiger partial charge is 0.414 e. The normalized spacial score (nSPS) is 19.6. The zero-order chi connectivity index (χ0) is 25.1. The maximum Gasteiger partial charge on any atom is 0.414 e. The first-order chi connectivity index (χ1) is 16.8. The highest BCUT2D eigenvalue weighted by atomic mass is 19.1. The van der Waals surface area contributed by atoms with E-state index >= 15 is 0 Å². The Labute approximate surface area is 200 Å². The summed E-state index contributed by atoms with van der Waals surface area (Å²) < 4.78 is 25.3. The van der Waals surface area contributed by atoms with Crippen molar-refractivity contribution < 1.29 is 38.8 Å². The summed E-state index contributed by atoms with van der Waals surface area (Å²) in [5.41, 5.74) is 4.52. The first kappa shape index (κ1) is 24.1. The predicted molar refractivity (Wildman–Crippen MR) is 121 cm³/mol. The summed E-state index contributed by atoms with van der Waals surface area (Å²) in [5.74, 6) is -1.34. The molecule has 11 nitrogen and oxygen atoms in total. The number of cyclic esters (lactones) is 1. The predicted octanol–water partition coefficient (Wildman–Crippen LogP) is 0.239. The molecule has 184 valence electrons. The van der Waals surface area contributed by atoms with Crippen LogP contribution < -0.4 is 20.9 Å². The molecule has 2 aromatic rings. The standard InChI is InChI=1S/C23H24FN5O6/c1-13(30)26-11-16-12-29(23(33)34-16)15-3-4-17(18(24)8-15)14-2-5-20(27-10-14)28-7-6-19(22(28)32)35-21(31)9-25/h2-5,8,10,16,19H,6-7,9,11-12,25H2,1H3,(H,26,30)/p+1/t16-,19?/m0/s1. The number of aromatic nitrogens is 1. The molecule has 2 fully saturated rings. The third kappa shape index (κ3) is 5.22. The molecule has 0 saturated carbocycles. The van der Waals surface area contributed by atoms with E-state index in [2.05, 4.69) is 16.0 Å². The average molecular weight is 486 g/mol. The van der Waals surface area contributed by atoms with Crippen LogP contribution in [0.15, 0.2) is 36.5 Å². The Kier molecular flexibility index (Phi) is 6.92. The maximum absolute atomic E-state index is 15.0. The molecule has 1 aromatic carbocycles. The molecule has 0 radical (unpaired) electrons. The highest BCUT2D eigenvalue weighted by Gasteiger charge is 2.36. The number of hydrogen-bond acceptors (Lipinski definition) is 7. The molecule has 3 amide bonds. The van der Waals surface area contributed by atoms with Crippen LogP contribution in [0, 0.1) is 5.82 Å². The molecule has 0 bridgehead atoms. The Morgan fingerprint density at radius 2 is 2.06 bits per heavy atom.